The molecule has 6 nitrogen and oxygen atoms in total. The minimum atomic E-state index is -1.12. The van der Waals surface area contributed by atoms with Gasteiger partial charge in [-0.1, -0.05) is 30.3 Å². The van der Waals surface area contributed by atoms with E-state index in [-0.39, 0.29) is 18.5 Å². The highest BCUT2D eigenvalue weighted by Gasteiger charge is 2.21. The third kappa shape index (κ3) is 6.38. The van der Waals surface area contributed by atoms with Gasteiger partial charge in [0.1, 0.15) is 18.1 Å². The molecule has 0 aliphatic heterocycles. The van der Waals surface area contributed by atoms with Gasteiger partial charge in [-0.3, -0.25) is 14.6 Å². The molecule has 1 N–H and O–H groups in total. The van der Waals surface area contributed by atoms with Gasteiger partial charge >= 0.3 is 5.97 Å². The summed E-state index contributed by atoms with van der Waals surface area (Å²) in [4.78, 5) is 30.2. The van der Waals surface area contributed by atoms with Crippen molar-refractivity contribution in [1.82, 2.24) is 9.88 Å². The van der Waals surface area contributed by atoms with Crippen LogP contribution in [-0.4, -0.2) is 39.5 Å². The van der Waals surface area contributed by atoms with Crippen molar-refractivity contribution in [2.75, 3.05) is 6.54 Å². The number of amides is 1. The Balaban J connectivity index is 1.84. The number of carbonyl (C=O) groups is 2. The lowest BCUT2D eigenvalue weighted by molar-refractivity contribution is -0.137. The maximum Gasteiger partial charge on any atom is 0.323 e. The number of aromatic nitrogens is 1. The molecule has 0 aliphatic carbocycles. The molecule has 1 heterocycles. The van der Waals surface area contributed by atoms with Crippen LogP contribution in [0, 0.1) is 5.82 Å². The van der Waals surface area contributed by atoms with Crippen LogP contribution < -0.4 is 4.74 Å². The molecule has 0 saturated carbocycles. The van der Waals surface area contributed by atoms with Gasteiger partial charge in [-0.25, -0.2) is 4.39 Å². The molecule has 0 spiro atoms. The summed E-state index contributed by atoms with van der Waals surface area (Å²) in [7, 11) is 0. The first-order valence-corrected chi connectivity index (χ1v) is 10.3. The van der Waals surface area contributed by atoms with Crippen LogP contribution >= 0.6 is 0 Å². The predicted molar refractivity (Wildman–Crippen MR) is 118 cm³/mol. The zero-order valence-corrected chi connectivity index (χ0v) is 18.0. The van der Waals surface area contributed by atoms with Gasteiger partial charge in [0, 0.05) is 29.4 Å². The lowest BCUT2D eigenvalue weighted by Crippen LogP contribution is -2.35. The van der Waals surface area contributed by atoms with E-state index in [0.29, 0.717) is 29.0 Å². The van der Waals surface area contributed by atoms with Gasteiger partial charge in [-0.15, -0.1) is 0 Å². The van der Waals surface area contributed by atoms with E-state index in [2.05, 4.69) is 4.98 Å². The number of carboxylic acids is 1. The number of rotatable bonds is 9. The van der Waals surface area contributed by atoms with Gasteiger partial charge in [0.15, 0.2) is 0 Å². The molecule has 0 unspecified atom stereocenters. The lowest BCUT2D eigenvalue weighted by Gasteiger charge is -2.23. The van der Waals surface area contributed by atoms with Crippen LogP contribution in [0.3, 0.4) is 0 Å². The monoisotopic (exact) mass is 436 g/mol. The maximum atomic E-state index is 13.5. The number of para-hydroxylation sites is 1. The van der Waals surface area contributed by atoms with E-state index >= 15 is 0 Å². The van der Waals surface area contributed by atoms with Crippen molar-refractivity contribution in [3.8, 4) is 5.75 Å². The van der Waals surface area contributed by atoms with E-state index in [1.165, 1.54) is 23.2 Å². The Kier molecular flexibility index (Phi) is 7.54. The Labute approximate surface area is 186 Å². The predicted octanol–water partition coefficient (Wildman–Crippen LogP) is 4.33. The van der Waals surface area contributed by atoms with Crippen molar-refractivity contribution < 1.29 is 23.8 Å². The van der Waals surface area contributed by atoms with Crippen LogP contribution in [0.5, 0.6) is 5.75 Å². The van der Waals surface area contributed by atoms with E-state index in [0.717, 1.165) is 5.56 Å². The average Bonchev–Trinajstić information content (AvgIpc) is 2.73. The minimum Gasteiger partial charge on any atom is -0.491 e. The summed E-state index contributed by atoms with van der Waals surface area (Å²) in [5.41, 5.74) is 2.34. The van der Waals surface area contributed by atoms with Gasteiger partial charge in [-0.2, -0.15) is 0 Å². The Hall–Kier alpha value is -3.74. The molecule has 3 aromatic rings. The van der Waals surface area contributed by atoms with Crippen molar-refractivity contribution in [2.45, 2.75) is 32.9 Å². The summed E-state index contributed by atoms with van der Waals surface area (Å²) in [5.74, 6) is -1.29. The zero-order chi connectivity index (χ0) is 23.1. The fourth-order valence-corrected chi connectivity index (χ4v) is 3.32. The summed E-state index contributed by atoms with van der Waals surface area (Å²) in [6.07, 6.45) is 1.78. The molecule has 1 amide bonds. The van der Waals surface area contributed by atoms with Crippen molar-refractivity contribution in [3.63, 3.8) is 0 Å². The quantitative estimate of drug-likeness (QED) is 0.540. The lowest BCUT2D eigenvalue weighted by atomic mass is 10.1. The molecule has 32 heavy (non-hydrogen) atoms. The SMILES string of the molecule is CC(C)Oc1ccccc1CN(CC(=O)O)C(=O)c1ccnc(Cc2cccc(F)c2)c1. The third-order valence-electron chi connectivity index (χ3n) is 4.65. The molecule has 1 aromatic heterocycles. The molecule has 166 valence electrons. The van der Waals surface area contributed by atoms with Crippen LogP contribution in [0.15, 0.2) is 66.9 Å². The number of carbonyl (C=O) groups excluding carboxylic acids is 1. The first kappa shape index (κ1) is 22.9. The molecule has 0 aliphatic rings. The number of carboxylic acid groups (broad SMARTS) is 1. The summed E-state index contributed by atoms with van der Waals surface area (Å²) in [6.45, 7) is 3.41. The summed E-state index contributed by atoms with van der Waals surface area (Å²) in [6, 6.07) is 16.6. The first-order chi connectivity index (χ1) is 15.3. The van der Waals surface area contributed by atoms with Crippen LogP contribution in [0.2, 0.25) is 0 Å². The third-order valence-corrected chi connectivity index (χ3v) is 4.65. The van der Waals surface area contributed by atoms with Gasteiger partial charge in [0.25, 0.3) is 5.91 Å². The van der Waals surface area contributed by atoms with E-state index in [4.69, 9.17) is 4.74 Å². The Morgan fingerprint density at radius 1 is 1.09 bits per heavy atom. The highest BCUT2D eigenvalue weighted by Crippen LogP contribution is 2.22. The van der Waals surface area contributed by atoms with Crippen LogP contribution in [0.1, 0.15) is 41.0 Å². The summed E-state index contributed by atoms with van der Waals surface area (Å²) >= 11 is 0. The van der Waals surface area contributed by atoms with Gasteiger partial charge in [0.2, 0.25) is 0 Å². The average molecular weight is 436 g/mol. The van der Waals surface area contributed by atoms with Crippen molar-refractivity contribution in [1.29, 1.82) is 0 Å². The van der Waals surface area contributed by atoms with Crippen LogP contribution in [0.25, 0.3) is 0 Å². The molecular weight excluding hydrogens is 411 g/mol. The molecule has 0 fully saturated rings. The first-order valence-electron chi connectivity index (χ1n) is 10.3. The standard InChI is InChI=1S/C25H25FN2O4/c1-17(2)32-23-9-4-3-7-20(23)15-28(16-24(29)30)25(31)19-10-11-27-22(14-19)13-18-6-5-8-21(26)12-18/h3-12,14,17H,13,15-16H2,1-2H3,(H,29,30). The number of pyridine rings is 1. The number of aliphatic carboxylic acids is 1. The Morgan fingerprint density at radius 2 is 1.88 bits per heavy atom. The second-order valence-electron chi connectivity index (χ2n) is 7.67. The molecular formula is C25H25FN2O4. The largest absolute Gasteiger partial charge is 0.491 e. The Bertz CT molecular complexity index is 1100. The minimum absolute atomic E-state index is 0.0645. The number of hydrogen-bond acceptors (Lipinski definition) is 4. The number of benzene rings is 2. The summed E-state index contributed by atoms with van der Waals surface area (Å²) < 4.78 is 19.3. The van der Waals surface area contributed by atoms with Crippen LogP contribution in [0.4, 0.5) is 4.39 Å². The zero-order valence-electron chi connectivity index (χ0n) is 18.0. The molecule has 0 bridgehead atoms. The van der Waals surface area contributed by atoms with Gasteiger partial charge < -0.3 is 14.7 Å². The van der Waals surface area contributed by atoms with E-state index in [1.54, 1.807) is 30.3 Å². The van der Waals surface area contributed by atoms with Gasteiger partial charge in [-0.05, 0) is 49.7 Å². The van der Waals surface area contributed by atoms with E-state index in [9.17, 15) is 19.1 Å². The van der Waals surface area contributed by atoms with Crippen molar-refractivity contribution >= 4 is 11.9 Å². The topological polar surface area (TPSA) is 79.7 Å². The van der Waals surface area contributed by atoms with Gasteiger partial charge in [0.05, 0.1) is 12.6 Å². The summed E-state index contributed by atoms with van der Waals surface area (Å²) in [5, 5.41) is 9.37. The van der Waals surface area contributed by atoms with E-state index < -0.39 is 18.4 Å². The number of hydrogen-bond donors (Lipinski definition) is 1. The smallest absolute Gasteiger partial charge is 0.323 e. The highest BCUT2D eigenvalue weighted by molar-refractivity contribution is 5.95. The fraction of sp³-hybridized carbons (Fsp3) is 0.240. The number of nitrogens with zero attached hydrogens (tertiary/aromatic N) is 2. The molecule has 0 saturated heterocycles. The molecule has 2 aromatic carbocycles. The van der Waals surface area contributed by atoms with Crippen molar-refractivity contribution in [2.24, 2.45) is 0 Å². The fourth-order valence-electron chi connectivity index (χ4n) is 3.32. The second kappa shape index (κ2) is 10.5. The normalized spacial score (nSPS) is 10.8. The molecule has 7 heteroatoms. The number of ether oxygens (including phenoxy) is 1. The second-order valence-corrected chi connectivity index (χ2v) is 7.67. The highest BCUT2D eigenvalue weighted by atomic mass is 19.1. The molecule has 0 atom stereocenters. The van der Waals surface area contributed by atoms with E-state index in [1.807, 2.05) is 32.0 Å². The maximum absolute atomic E-state index is 13.5. The number of halogens is 1. The molecule has 0 radical (unpaired) electrons. The van der Waals surface area contributed by atoms with Crippen LogP contribution in [-0.2, 0) is 17.8 Å². The Morgan fingerprint density at radius 3 is 2.59 bits per heavy atom. The van der Waals surface area contributed by atoms with Crippen molar-refractivity contribution in [3.05, 3.63) is 95.1 Å². The molecule has 3 rings (SSSR count).